The Balaban J connectivity index is 2.44. The number of amides is 1. The molecule has 0 aliphatic carbocycles. The van der Waals surface area contributed by atoms with Gasteiger partial charge in [-0.25, -0.2) is 0 Å². The van der Waals surface area contributed by atoms with Gasteiger partial charge in [0.2, 0.25) is 5.91 Å². The minimum Gasteiger partial charge on any atom is -0.468 e. The minimum absolute atomic E-state index is 0.0515. The van der Waals surface area contributed by atoms with Gasteiger partial charge in [0.05, 0.1) is 13.7 Å². The Hall–Kier alpha value is -1.88. The van der Waals surface area contributed by atoms with E-state index in [9.17, 15) is 9.59 Å². The van der Waals surface area contributed by atoms with Crippen LogP contribution in [0.2, 0.25) is 0 Å². The average molecular weight is 279 g/mol. The highest BCUT2D eigenvalue weighted by Gasteiger charge is 2.20. The van der Waals surface area contributed by atoms with E-state index < -0.39 is 5.97 Å². The van der Waals surface area contributed by atoms with Gasteiger partial charge >= 0.3 is 5.97 Å². The zero-order valence-corrected chi connectivity index (χ0v) is 12.2. The first-order valence-electron chi connectivity index (χ1n) is 6.52. The number of methoxy groups -OCH3 is 1. The zero-order valence-electron chi connectivity index (χ0n) is 12.2. The van der Waals surface area contributed by atoms with Crippen LogP contribution in [0.15, 0.2) is 30.3 Å². The van der Waals surface area contributed by atoms with Gasteiger partial charge in [-0.2, -0.15) is 0 Å². The van der Waals surface area contributed by atoms with Gasteiger partial charge in [0.25, 0.3) is 0 Å². The van der Waals surface area contributed by atoms with Crippen molar-refractivity contribution in [2.45, 2.75) is 26.5 Å². The summed E-state index contributed by atoms with van der Waals surface area (Å²) in [6, 6.07) is 9.53. The second-order valence-electron chi connectivity index (χ2n) is 4.67. The summed E-state index contributed by atoms with van der Waals surface area (Å²) in [5, 5.41) is 0. The molecular formula is C15H21NO4. The molecule has 0 aliphatic heterocycles. The van der Waals surface area contributed by atoms with Crippen molar-refractivity contribution in [3.8, 4) is 0 Å². The molecule has 0 fully saturated rings. The molecule has 1 rings (SSSR count). The predicted octanol–water partition coefficient (Wildman–Crippen LogP) is 1.61. The highest BCUT2D eigenvalue weighted by atomic mass is 16.5. The van der Waals surface area contributed by atoms with Crippen LogP contribution in [0.25, 0.3) is 0 Å². The van der Waals surface area contributed by atoms with E-state index in [-0.39, 0.29) is 25.1 Å². The Kier molecular flexibility index (Phi) is 6.73. The first-order valence-corrected chi connectivity index (χ1v) is 6.52. The normalized spacial score (nSPS) is 10.4. The molecule has 0 radical (unpaired) electrons. The highest BCUT2D eigenvalue weighted by Crippen LogP contribution is 2.03. The van der Waals surface area contributed by atoms with Crippen molar-refractivity contribution in [2.24, 2.45) is 0 Å². The lowest BCUT2D eigenvalue weighted by molar-refractivity contribution is -0.150. The van der Waals surface area contributed by atoms with Crippen molar-refractivity contribution in [1.29, 1.82) is 0 Å². The third-order valence-electron chi connectivity index (χ3n) is 2.81. The Labute approximate surface area is 119 Å². The minimum atomic E-state index is -0.435. The van der Waals surface area contributed by atoms with Crippen molar-refractivity contribution in [1.82, 2.24) is 4.90 Å². The number of carbonyl (C=O) groups excluding carboxylic acids is 2. The van der Waals surface area contributed by atoms with Crippen LogP contribution in [-0.4, -0.2) is 43.1 Å². The predicted molar refractivity (Wildman–Crippen MR) is 75.0 cm³/mol. The van der Waals surface area contributed by atoms with E-state index in [1.807, 2.05) is 44.2 Å². The van der Waals surface area contributed by atoms with Crippen LogP contribution in [0.3, 0.4) is 0 Å². The van der Waals surface area contributed by atoms with E-state index in [1.165, 1.54) is 12.0 Å². The van der Waals surface area contributed by atoms with Crippen molar-refractivity contribution in [2.75, 3.05) is 20.3 Å². The molecule has 5 nitrogen and oxygen atoms in total. The number of nitrogens with zero attached hydrogens (tertiary/aromatic N) is 1. The molecule has 0 aliphatic rings. The number of benzene rings is 1. The topological polar surface area (TPSA) is 55.8 Å². The van der Waals surface area contributed by atoms with Gasteiger partial charge in [-0.1, -0.05) is 30.3 Å². The lowest BCUT2D eigenvalue weighted by atomic mass is 10.2. The van der Waals surface area contributed by atoms with Crippen LogP contribution in [-0.2, 0) is 25.7 Å². The molecule has 0 heterocycles. The van der Waals surface area contributed by atoms with Gasteiger partial charge in [0.1, 0.15) is 13.2 Å². The molecule has 1 aromatic rings. The van der Waals surface area contributed by atoms with Crippen LogP contribution >= 0.6 is 0 Å². The summed E-state index contributed by atoms with van der Waals surface area (Å²) in [5.41, 5.74) is 1.00. The number of carbonyl (C=O) groups is 2. The fourth-order valence-corrected chi connectivity index (χ4v) is 1.68. The van der Waals surface area contributed by atoms with Crippen molar-refractivity contribution < 1.29 is 19.1 Å². The van der Waals surface area contributed by atoms with Gasteiger partial charge in [0, 0.05) is 6.04 Å². The first kappa shape index (κ1) is 16.2. The van der Waals surface area contributed by atoms with Crippen LogP contribution in [0.4, 0.5) is 0 Å². The summed E-state index contributed by atoms with van der Waals surface area (Å²) < 4.78 is 9.97. The van der Waals surface area contributed by atoms with E-state index in [1.54, 1.807) is 0 Å². The second kappa shape index (κ2) is 8.32. The summed E-state index contributed by atoms with van der Waals surface area (Å²) in [5.74, 6) is -0.656. The summed E-state index contributed by atoms with van der Waals surface area (Å²) in [7, 11) is 1.30. The molecule has 0 N–H and O–H groups in total. The molecule has 5 heteroatoms. The molecular weight excluding hydrogens is 258 g/mol. The van der Waals surface area contributed by atoms with Crippen LogP contribution in [0.1, 0.15) is 19.4 Å². The maximum Gasteiger partial charge on any atom is 0.325 e. The molecule has 0 unspecified atom stereocenters. The van der Waals surface area contributed by atoms with E-state index in [0.29, 0.717) is 6.61 Å². The molecule has 20 heavy (non-hydrogen) atoms. The molecule has 0 saturated heterocycles. The number of rotatable bonds is 7. The lowest BCUT2D eigenvalue weighted by Gasteiger charge is -2.25. The van der Waals surface area contributed by atoms with Gasteiger partial charge in [0.15, 0.2) is 0 Å². The number of hydrogen-bond donors (Lipinski definition) is 0. The van der Waals surface area contributed by atoms with E-state index in [4.69, 9.17) is 4.74 Å². The number of esters is 1. The van der Waals surface area contributed by atoms with Crippen LogP contribution in [0, 0.1) is 0 Å². The van der Waals surface area contributed by atoms with Crippen molar-refractivity contribution in [3.63, 3.8) is 0 Å². The van der Waals surface area contributed by atoms with Gasteiger partial charge in [-0.15, -0.1) is 0 Å². The third-order valence-corrected chi connectivity index (χ3v) is 2.81. The monoisotopic (exact) mass is 279 g/mol. The Morgan fingerprint density at radius 2 is 1.85 bits per heavy atom. The van der Waals surface area contributed by atoms with E-state index >= 15 is 0 Å². The molecule has 1 aromatic carbocycles. The Morgan fingerprint density at radius 1 is 1.20 bits per heavy atom. The smallest absolute Gasteiger partial charge is 0.325 e. The molecule has 0 bridgehead atoms. The van der Waals surface area contributed by atoms with Crippen molar-refractivity contribution >= 4 is 11.9 Å². The van der Waals surface area contributed by atoms with Crippen LogP contribution in [0.5, 0.6) is 0 Å². The summed E-state index contributed by atoms with van der Waals surface area (Å²) >= 11 is 0. The molecule has 0 aromatic heterocycles. The molecule has 0 atom stereocenters. The number of hydrogen-bond acceptors (Lipinski definition) is 4. The largest absolute Gasteiger partial charge is 0.468 e. The summed E-state index contributed by atoms with van der Waals surface area (Å²) in [6.07, 6.45) is 0. The first-order chi connectivity index (χ1) is 9.54. The molecule has 0 spiro atoms. The summed E-state index contributed by atoms with van der Waals surface area (Å²) in [4.78, 5) is 24.7. The number of ether oxygens (including phenoxy) is 2. The average Bonchev–Trinajstić information content (AvgIpc) is 2.45. The fraction of sp³-hybridized carbons (Fsp3) is 0.467. The highest BCUT2D eigenvalue weighted by molar-refractivity contribution is 5.83. The SMILES string of the molecule is COC(=O)CN(C(=O)COCc1ccccc1)C(C)C. The fourth-order valence-electron chi connectivity index (χ4n) is 1.68. The van der Waals surface area contributed by atoms with Gasteiger partial charge < -0.3 is 14.4 Å². The summed E-state index contributed by atoms with van der Waals surface area (Å²) in [6.45, 7) is 3.96. The quantitative estimate of drug-likeness (QED) is 0.712. The Morgan fingerprint density at radius 3 is 2.40 bits per heavy atom. The van der Waals surface area contributed by atoms with Gasteiger partial charge in [-0.3, -0.25) is 9.59 Å². The standard InChI is InChI=1S/C15H21NO4/c1-12(2)16(9-15(18)19-3)14(17)11-20-10-13-7-5-4-6-8-13/h4-8,12H,9-11H2,1-3H3. The molecule has 110 valence electrons. The van der Waals surface area contributed by atoms with E-state index in [2.05, 4.69) is 4.74 Å². The zero-order chi connectivity index (χ0) is 15.0. The van der Waals surface area contributed by atoms with Gasteiger partial charge in [-0.05, 0) is 19.4 Å². The van der Waals surface area contributed by atoms with E-state index in [0.717, 1.165) is 5.56 Å². The maximum absolute atomic E-state index is 12.0. The third kappa shape index (κ3) is 5.40. The maximum atomic E-state index is 12.0. The van der Waals surface area contributed by atoms with Crippen LogP contribution < -0.4 is 0 Å². The lowest BCUT2D eigenvalue weighted by Crippen LogP contribution is -2.42. The van der Waals surface area contributed by atoms with Crippen molar-refractivity contribution in [3.05, 3.63) is 35.9 Å². The second-order valence-corrected chi connectivity index (χ2v) is 4.67. The molecule has 0 saturated carbocycles. The molecule has 1 amide bonds. The Bertz CT molecular complexity index is 431.